The van der Waals surface area contributed by atoms with E-state index >= 15 is 0 Å². The lowest BCUT2D eigenvalue weighted by Gasteiger charge is -2.40. The summed E-state index contributed by atoms with van der Waals surface area (Å²) in [6.07, 6.45) is -38.6. The maximum Gasteiger partial charge on any atom is 0.462 e. The molecule has 0 aromatic heterocycles. The van der Waals surface area contributed by atoms with Gasteiger partial charge in [0.1, 0.15) is 0 Å². The van der Waals surface area contributed by atoms with Crippen molar-refractivity contribution in [3.63, 3.8) is 0 Å². The van der Waals surface area contributed by atoms with Gasteiger partial charge in [0, 0.05) is 6.54 Å². The van der Waals surface area contributed by atoms with Gasteiger partial charge in [-0.05, 0) is 6.42 Å². The molecule has 0 heterocycles. The monoisotopic (exact) mass is 551 g/mol. The highest BCUT2D eigenvalue weighted by atomic mass is 19.4. The molecule has 1 N–H and O–H groups in total. The first-order chi connectivity index (χ1) is 14.6. The number of carbonyl (C=O) groups is 1. The standard InChI is InChI=1S/C13H10F17NO3/c1-2-3-4-31-5(32)6(14,9(18,19)20)33-13(29,30)8(17,11(24,25)26)34-12(27,28)7(15,16)10(21,22)23/h2-4H2,1H3,(H,31,32). The first kappa shape index (κ1) is 32.2. The number of ether oxygens (including phenoxy) is 2. The maximum atomic E-state index is 14.0. The molecule has 0 aliphatic heterocycles. The molecular formula is C13H10F17NO3. The minimum Gasteiger partial charge on any atom is -0.351 e. The summed E-state index contributed by atoms with van der Waals surface area (Å²) in [5, 5.41) is 0.882. The highest BCUT2D eigenvalue weighted by Gasteiger charge is 2.85. The van der Waals surface area contributed by atoms with Gasteiger partial charge in [0.15, 0.2) is 0 Å². The van der Waals surface area contributed by atoms with Gasteiger partial charge < -0.3 is 5.32 Å². The van der Waals surface area contributed by atoms with Crippen LogP contribution in [0.3, 0.4) is 0 Å². The van der Waals surface area contributed by atoms with Crippen LogP contribution in [-0.2, 0) is 14.3 Å². The number of hydrogen-bond acceptors (Lipinski definition) is 3. The first-order valence-electron chi connectivity index (χ1n) is 8.04. The SMILES string of the molecule is CCCCNC(=O)C(F)(OC(F)(F)C(F)(OC(F)(F)C(F)(F)C(F)(F)F)C(F)(F)F)C(F)(F)F. The third-order valence-electron chi connectivity index (χ3n) is 3.47. The fourth-order valence-electron chi connectivity index (χ4n) is 1.66. The van der Waals surface area contributed by atoms with Crippen LogP contribution in [0.2, 0.25) is 0 Å². The molecule has 2 atom stereocenters. The van der Waals surface area contributed by atoms with E-state index in [1.807, 2.05) is 4.74 Å². The number of rotatable bonds is 10. The summed E-state index contributed by atoms with van der Waals surface area (Å²) >= 11 is 0. The Balaban J connectivity index is 6.61. The molecule has 34 heavy (non-hydrogen) atoms. The van der Waals surface area contributed by atoms with Gasteiger partial charge in [-0.25, -0.2) is 0 Å². The fraction of sp³-hybridized carbons (Fsp3) is 0.923. The van der Waals surface area contributed by atoms with Gasteiger partial charge >= 0.3 is 48.4 Å². The zero-order chi connectivity index (χ0) is 27.8. The largest absolute Gasteiger partial charge is 0.462 e. The molecule has 0 aliphatic carbocycles. The minimum absolute atomic E-state index is 0.0284. The van der Waals surface area contributed by atoms with Gasteiger partial charge in [0.25, 0.3) is 5.91 Å². The van der Waals surface area contributed by atoms with Gasteiger partial charge in [-0.1, -0.05) is 13.3 Å². The topological polar surface area (TPSA) is 47.6 Å². The number of unbranched alkanes of at least 4 members (excludes halogenated alkanes) is 1. The van der Waals surface area contributed by atoms with Crippen LogP contribution >= 0.6 is 0 Å². The van der Waals surface area contributed by atoms with E-state index < -0.39 is 60.8 Å². The number of hydrogen-bond donors (Lipinski definition) is 1. The molecule has 0 saturated carbocycles. The predicted molar refractivity (Wildman–Crippen MR) is 70.8 cm³/mol. The van der Waals surface area contributed by atoms with Crippen LogP contribution in [0.25, 0.3) is 0 Å². The van der Waals surface area contributed by atoms with E-state index in [1.165, 1.54) is 11.7 Å². The van der Waals surface area contributed by atoms with E-state index in [0.717, 1.165) is 5.32 Å². The molecule has 2 unspecified atom stereocenters. The summed E-state index contributed by atoms with van der Waals surface area (Å²) in [5.74, 6) is -25.9. The number of nitrogens with one attached hydrogen (secondary N) is 1. The van der Waals surface area contributed by atoms with Crippen LogP contribution in [0.5, 0.6) is 0 Å². The Bertz CT molecular complexity index is 715. The number of halogens is 17. The van der Waals surface area contributed by atoms with Crippen molar-refractivity contribution in [2.75, 3.05) is 6.54 Å². The normalized spacial score (nSPS) is 18.3. The first-order valence-corrected chi connectivity index (χ1v) is 8.04. The molecule has 0 rings (SSSR count). The van der Waals surface area contributed by atoms with Crippen LogP contribution in [0.15, 0.2) is 0 Å². The summed E-state index contributed by atoms with van der Waals surface area (Å²) in [6, 6.07) is 0. The average molecular weight is 551 g/mol. The molecule has 0 aliphatic rings. The molecule has 0 aromatic carbocycles. The summed E-state index contributed by atoms with van der Waals surface area (Å²) in [7, 11) is 0. The second-order valence-corrected chi connectivity index (χ2v) is 6.11. The lowest BCUT2D eigenvalue weighted by molar-refractivity contribution is -0.548. The highest BCUT2D eigenvalue weighted by molar-refractivity contribution is 5.84. The van der Waals surface area contributed by atoms with Crippen LogP contribution in [-0.4, -0.2) is 60.8 Å². The summed E-state index contributed by atoms with van der Waals surface area (Å²) in [6.45, 7) is 0.316. The third-order valence-corrected chi connectivity index (χ3v) is 3.47. The molecule has 0 fully saturated rings. The Labute approximate surface area is 176 Å². The summed E-state index contributed by atoms with van der Waals surface area (Å²) in [5.41, 5.74) is 0. The number of amides is 1. The lowest BCUT2D eigenvalue weighted by Crippen LogP contribution is -2.68. The molecule has 204 valence electrons. The van der Waals surface area contributed by atoms with E-state index in [-0.39, 0.29) is 12.8 Å². The van der Waals surface area contributed by atoms with E-state index in [0.29, 0.717) is 0 Å². The van der Waals surface area contributed by atoms with Crippen LogP contribution in [0.1, 0.15) is 19.8 Å². The van der Waals surface area contributed by atoms with Crippen molar-refractivity contribution in [1.29, 1.82) is 0 Å². The van der Waals surface area contributed by atoms with Gasteiger partial charge in [-0.15, -0.1) is 0 Å². The Morgan fingerprint density at radius 2 is 1.09 bits per heavy atom. The molecule has 4 nitrogen and oxygen atoms in total. The van der Waals surface area contributed by atoms with E-state index in [2.05, 4.69) is 0 Å². The molecule has 0 radical (unpaired) electrons. The Kier molecular flexibility index (Phi) is 8.84. The zero-order valence-electron chi connectivity index (χ0n) is 15.8. The van der Waals surface area contributed by atoms with E-state index in [9.17, 15) is 79.4 Å². The van der Waals surface area contributed by atoms with Gasteiger partial charge in [-0.3, -0.25) is 14.3 Å². The molecule has 0 bridgehead atoms. The molecule has 1 amide bonds. The van der Waals surface area contributed by atoms with Crippen LogP contribution in [0, 0.1) is 0 Å². The molecule has 0 spiro atoms. The van der Waals surface area contributed by atoms with Crippen LogP contribution in [0.4, 0.5) is 74.6 Å². The van der Waals surface area contributed by atoms with Crippen molar-refractivity contribution >= 4 is 5.91 Å². The Morgan fingerprint density at radius 1 is 0.647 bits per heavy atom. The summed E-state index contributed by atoms with van der Waals surface area (Å²) < 4.78 is 223. The fourth-order valence-corrected chi connectivity index (χ4v) is 1.66. The molecule has 21 heteroatoms. The molecule has 0 aromatic rings. The van der Waals surface area contributed by atoms with E-state index in [1.54, 1.807) is 0 Å². The predicted octanol–water partition coefficient (Wildman–Crippen LogP) is 5.78. The second-order valence-electron chi connectivity index (χ2n) is 6.11. The van der Waals surface area contributed by atoms with Crippen molar-refractivity contribution < 1.29 is 88.9 Å². The zero-order valence-corrected chi connectivity index (χ0v) is 15.8. The van der Waals surface area contributed by atoms with Crippen molar-refractivity contribution in [2.24, 2.45) is 0 Å². The quantitative estimate of drug-likeness (QED) is 0.277. The van der Waals surface area contributed by atoms with Gasteiger partial charge in [0.05, 0.1) is 0 Å². The average Bonchev–Trinajstić information content (AvgIpc) is 2.57. The highest BCUT2D eigenvalue weighted by Crippen LogP contribution is 2.56. The minimum atomic E-state index is -8.01. The van der Waals surface area contributed by atoms with Crippen molar-refractivity contribution in [2.45, 2.75) is 68.1 Å². The summed E-state index contributed by atoms with van der Waals surface area (Å²) in [4.78, 5) is 11.3. The van der Waals surface area contributed by atoms with Crippen molar-refractivity contribution in [3.05, 3.63) is 0 Å². The van der Waals surface area contributed by atoms with E-state index in [4.69, 9.17) is 0 Å². The number of alkyl halides is 17. The smallest absolute Gasteiger partial charge is 0.351 e. The molecule has 0 saturated heterocycles. The maximum absolute atomic E-state index is 14.0. The van der Waals surface area contributed by atoms with Gasteiger partial charge in [0.2, 0.25) is 0 Å². The lowest BCUT2D eigenvalue weighted by atomic mass is 10.2. The van der Waals surface area contributed by atoms with Crippen molar-refractivity contribution in [3.8, 4) is 0 Å². The van der Waals surface area contributed by atoms with Crippen LogP contribution < -0.4 is 5.32 Å². The Hall–Kier alpha value is -1.80. The van der Waals surface area contributed by atoms with Gasteiger partial charge in [-0.2, -0.15) is 74.6 Å². The third kappa shape index (κ3) is 5.88. The molecular weight excluding hydrogens is 541 g/mol. The number of carbonyl (C=O) groups excluding carboxylic acids is 1. The second kappa shape index (κ2) is 9.34. The van der Waals surface area contributed by atoms with Crippen molar-refractivity contribution in [1.82, 2.24) is 5.32 Å². The Morgan fingerprint density at radius 3 is 1.41 bits per heavy atom.